The van der Waals surface area contributed by atoms with Gasteiger partial charge in [0.25, 0.3) is 0 Å². The molecule has 6 heteroatoms. The van der Waals surface area contributed by atoms with Gasteiger partial charge in [0.2, 0.25) is 5.69 Å². The van der Waals surface area contributed by atoms with Crippen LogP contribution in [0.4, 0.5) is 0 Å². The molecule has 0 bridgehead atoms. The quantitative estimate of drug-likeness (QED) is 0.230. The van der Waals surface area contributed by atoms with Gasteiger partial charge in [0.15, 0.2) is 0 Å². The molecular formula is C18H33O3PS2. The van der Waals surface area contributed by atoms with Crippen LogP contribution in [0, 0.1) is 5.92 Å². The van der Waals surface area contributed by atoms with Crippen LogP contribution in [0.5, 0.6) is 5.75 Å². The topological polar surface area (TPSA) is 60.7 Å². The van der Waals surface area contributed by atoms with E-state index in [0.717, 1.165) is 17.9 Å². The minimum absolute atomic E-state index is 0.455. The Kier molecular flexibility index (Phi) is 14.1. The van der Waals surface area contributed by atoms with Crippen molar-refractivity contribution in [1.29, 1.82) is 0 Å². The average Bonchev–Trinajstić information content (AvgIpc) is 2.45. The molecule has 0 aliphatic carbocycles. The first-order valence-corrected chi connectivity index (χ1v) is 12.6. The molecule has 0 aliphatic rings. The Balaban J connectivity index is 0.000000922. The normalized spacial score (nSPS) is 11.2. The predicted octanol–water partition coefficient (Wildman–Crippen LogP) is 5.84. The first kappa shape index (κ1) is 23.9. The fraction of sp³-hybridized carbons (Fsp3) is 0.667. The van der Waals surface area contributed by atoms with Gasteiger partial charge in [-0.05, 0) is 42.2 Å². The molecule has 0 unspecified atom stereocenters. The second-order valence-corrected chi connectivity index (χ2v) is 11.6. The Morgan fingerprint density at radius 2 is 1.42 bits per heavy atom. The maximum Gasteiger partial charge on any atom is 0.239 e. The molecule has 0 saturated heterocycles. The standard InChI is InChI=1S/C18H30O.H3O2PS2/c1-16(2)12-8-6-4-3-5-7-9-13-17-14-10-11-15-18(17)19;1-3(2,4)5/h10-11,14-16,19H,3-9,12-13H2,1-2H3;(H3,1,2,4,5). The lowest BCUT2D eigenvalue weighted by atomic mass is 10.0. The number of para-hydroxylation sites is 1. The Labute approximate surface area is 157 Å². The molecule has 24 heavy (non-hydrogen) atoms. The third kappa shape index (κ3) is 18.3. The van der Waals surface area contributed by atoms with Crippen molar-refractivity contribution in [2.45, 2.75) is 71.6 Å². The minimum atomic E-state index is -3.11. The first-order valence-electron chi connectivity index (χ1n) is 8.75. The molecule has 0 saturated carbocycles. The number of hydrogen-bond acceptors (Lipinski definition) is 2. The van der Waals surface area contributed by atoms with E-state index in [-0.39, 0.29) is 0 Å². The molecule has 0 aliphatic heterocycles. The largest absolute Gasteiger partial charge is 0.508 e. The summed E-state index contributed by atoms with van der Waals surface area (Å²) in [5.41, 5.74) is -2.01. The molecule has 0 radical (unpaired) electrons. The van der Waals surface area contributed by atoms with Gasteiger partial charge in [0.1, 0.15) is 5.75 Å². The van der Waals surface area contributed by atoms with Crippen molar-refractivity contribution < 1.29 is 14.9 Å². The summed E-state index contributed by atoms with van der Waals surface area (Å²) in [5, 5.41) is 9.66. The van der Waals surface area contributed by atoms with Gasteiger partial charge in [-0.15, -0.1) is 0 Å². The van der Waals surface area contributed by atoms with Gasteiger partial charge < -0.3 is 14.9 Å². The van der Waals surface area contributed by atoms with E-state index in [9.17, 15) is 5.11 Å². The van der Waals surface area contributed by atoms with Gasteiger partial charge in [-0.1, -0.05) is 89.2 Å². The molecule has 0 fully saturated rings. The Bertz CT molecular complexity index is 467. The van der Waals surface area contributed by atoms with Gasteiger partial charge in [0.05, 0.1) is 0 Å². The Morgan fingerprint density at radius 3 is 1.92 bits per heavy atom. The lowest BCUT2D eigenvalue weighted by Crippen LogP contribution is -1.88. The number of phenolic OH excluding ortho intramolecular Hbond substituents is 1. The molecule has 0 amide bonds. The van der Waals surface area contributed by atoms with Crippen LogP contribution >= 0.6 is 17.9 Å². The highest BCUT2D eigenvalue weighted by atomic mass is 32.9. The van der Waals surface area contributed by atoms with Gasteiger partial charge in [-0.2, -0.15) is 0 Å². The van der Waals surface area contributed by atoms with E-state index in [4.69, 9.17) is 9.79 Å². The third-order valence-electron chi connectivity index (χ3n) is 3.72. The number of rotatable bonds is 10. The molecule has 1 aromatic rings. The smallest absolute Gasteiger partial charge is 0.239 e. The lowest BCUT2D eigenvalue weighted by Gasteiger charge is -2.05. The van der Waals surface area contributed by atoms with E-state index in [1.807, 2.05) is 18.2 Å². The zero-order valence-corrected chi connectivity index (χ0v) is 17.5. The Hall–Kier alpha value is -0.0600. The monoisotopic (exact) mass is 392 g/mol. The number of aryl methyl sites for hydroxylation is 1. The zero-order valence-electron chi connectivity index (χ0n) is 14.9. The van der Waals surface area contributed by atoms with E-state index in [1.54, 1.807) is 6.07 Å². The molecular weight excluding hydrogens is 359 g/mol. The van der Waals surface area contributed by atoms with Crippen molar-refractivity contribution in [2.75, 3.05) is 0 Å². The van der Waals surface area contributed by atoms with Crippen LogP contribution < -0.4 is 0 Å². The molecule has 0 atom stereocenters. The van der Waals surface area contributed by atoms with Crippen molar-refractivity contribution in [3.63, 3.8) is 0 Å². The van der Waals surface area contributed by atoms with Crippen LogP contribution in [0.15, 0.2) is 24.3 Å². The number of benzene rings is 1. The SMILES string of the molecule is CC(C)CCCCCCCCCc1ccccc1O.OP(O)(=S)S. The highest BCUT2D eigenvalue weighted by Gasteiger charge is 1.99. The van der Waals surface area contributed by atoms with E-state index in [2.05, 4.69) is 37.9 Å². The molecule has 1 rings (SSSR count). The molecule has 1 aromatic carbocycles. The molecule has 3 nitrogen and oxygen atoms in total. The second kappa shape index (κ2) is 14.1. The van der Waals surface area contributed by atoms with Crippen LogP contribution in [0.1, 0.15) is 70.8 Å². The van der Waals surface area contributed by atoms with Crippen molar-refractivity contribution in [1.82, 2.24) is 0 Å². The Morgan fingerprint density at radius 1 is 0.958 bits per heavy atom. The van der Waals surface area contributed by atoms with E-state index in [1.165, 1.54) is 51.4 Å². The second-order valence-electron chi connectivity index (χ2n) is 6.55. The molecule has 3 N–H and O–H groups in total. The lowest BCUT2D eigenvalue weighted by molar-refractivity contribution is 0.465. The van der Waals surface area contributed by atoms with Crippen molar-refractivity contribution in [3.8, 4) is 5.75 Å². The van der Waals surface area contributed by atoms with Crippen LogP contribution in [0.25, 0.3) is 0 Å². The fourth-order valence-electron chi connectivity index (χ4n) is 2.47. The first-order chi connectivity index (χ1) is 11.2. The predicted molar refractivity (Wildman–Crippen MR) is 111 cm³/mol. The fourth-order valence-corrected chi connectivity index (χ4v) is 2.47. The maximum atomic E-state index is 9.66. The number of unbranched alkanes of at least 4 members (excludes halogenated alkanes) is 6. The van der Waals surface area contributed by atoms with Gasteiger partial charge >= 0.3 is 0 Å². The van der Waals surface area contributed by atoms with Gasteiger partial charge in [-0.3, -0.25) is 0 Å². The van der Waals surface area contributed by atoms with Crippen LogP contribution in [0.3, 0.4) is 0 Å². The van der Waals surface area contributed by atoms with E-state index < -0.39 is 5.69 Å². The van der Waals surface area contributed by atoms with Crippen LogP contribution in [-0.2, 0) is 18.2 Å². The summed E-state index contributed by atoms with van der Waals surface area (Å²) in [6, 6.07) is 7.70. The van der Waals surface area contributed by atoms with E-state index >= 15 is 0 Å². The summed E-state index contributed by atoms with van der Waals surface area (Å²) in [6.07, 6.45) is 11.8. The van der Waals surface area contributed by atoms with Gasteiger partial charge in [0, 0.05) is 0 Å². The molecule has 0 heterocycles. The number of thiol groups is 1. The highest BCUT2D eigenvalue weighted by molar-refractivity contribution is 8.59. The van der Waals surface area contributed by atoms with Crippen molar-refractivity contribution >= 4 is 29.7 Å². The average molecular weight is 393 g/mol. The number of phenols is 1. The summed E-state index contributed by atoms with van der Waals surface area (Å²) in [6.45, 7) is 4.61. The maximum absolute atomic E-state index is 9.66. The van der Waals surface area contributed by atoms with Crippen molar-refractivity contribution in [2.24, 2.45) is 5.92 Å². The van der Waals surface area contributed by atoms with Crippen LogP contribution in [0.2, 0.25) is 0 Å². The number of aromatic hydroxyl groups is 1. The molecule has 0 spiro atoms. The summed E-state index contributed by atoms with van der Waals surface area (Å²) in [4.78, 5) is 15.7. The molecule has 0 aromatic heterocycles. The molecule has 140 valence electrons. The summed E-state index contributed by atoms with van der Waals surface area (Å²) < 4.78 is 0. The van der Waals surface area contributed by atoms with Gasteiger partial charge in [-0.25, -0.2) is 0 Å². The zero-order chi connectivity index (χ0) is 18.4. The minimum Gasteiger partial charge on any atom is -0.508 e. The third-order valence-corrected chi connectivity index (χ3v) is 3.72. The van der Waals surface area contributed by atoms with Crippen molar-refractivity contribution in [3.05, 3.63) is 29.8 Å². The summed E-state index contributed by atoms with van der Waals surface area (Å²) >= 11 is 7.07. The summed E-state index contributed by atoms with van der Waals surface area (Å²) in [7, 11) is 0. The van der Waals surface area contributed by atoms with E-state index in [0.29, 0.717) is 5.75 Å². The number of hydrogen-bond donors (Lipinski definition) is 4. The van der Waals surface area contributed by atoms with Crippen LogP contribution in [-0.4, -0.2) is 14.9 Å². The summed E-state index contributed by atoms with van der Waals surface area (Å²) in [5.74, 6) is 1.31. The highest BCUT2D eigenvalue weighted by Crippen LogP contribution is 2.39.